The van der Waals surface area contributed by atoms with E-state index in [1.165, 1.54) is 18.3 Å². The van der Waals surface area contributed by atoms with Crippen LogP contribution in [-0.4, -0.2) is 33.7 Å². The van der Waals surface area contributed by atoms with Gasteiger partial charge in [-0.1, -0.05) is 30.4 Å². The number of hydrogen-bond acceptors (Lipinski definition) is 6. The van der Waals surface area contributed by atoms with Crippen LogP contribution >= 0.6 is 11.3 Å². The Morgan fingerprint density at radius 2 is 1.78 bits per heavy atom. The van der Waals surface area contributed by atoms with Gasteiger partial charge in [0.1, 0.15) is 5.60 Å². The number of benzene rings is 1. The molecule has 1 aromatic heterocycles. The summed E-state index contributed by atoms with van der Waals surface area (Å²) in [7, 11) is 0. The number of aryl methyl sites for hydroxylation is 2. The fraction of sp³-hybridized carbons (Fsp3) is 0.391. The van der Waals surface area contributed by atoms with E-state index < -0.39 is 17.7 Å². The lowest BCUT2D eigenvalue weighted by atomic mass is 10.1. The minimum Gasteiger partial charge on any atom is -0.478 e. The molecule has 172 valence electrons. The Hall–Kier alpha value is -3.20. The first-order valence-electron chi connectivity index (χ1n) is 10.3. The first kappa shape index (κ1) is 25.1. The highest BCUT2D eigenvalue weighted by molar-refractivity contribution is 7.16. The standard InChI is InChI=1S/C23H29N3O5S/c1-6-16(20(28)29)13-19-18(26-21(32-19)24-14(2)27)12-9-15-7-10-17(11-8-15)25-22(30)31-23(3,4)5/h7-8,10-11,13H,6,9,12H2,1-5H3,(H,25,30)(H,28,29)(H,24,26,27)/b16-13-. The largest absolute Gasteiger partial charge is 0.478 e. The highest BCUT2D eigenvalue weighted by Gasteiger charge is 2.16. The van der Waals surface area contributed by atoms with Crippen LogP contribution in [-0.2, 0) is 27.2 Å². The number of carboxylic acid groups (broad SMARTS) is 1. The third kappa shape index (κ3) is 8.14. The van der Waals surface area contributed by atoms with Gasteiger partial charge in [-0.05, 0) is 63.8 Å². The van der Waals surface area contributed by atoms with Crippen LogP contribution in [0.2, 0.25) is 0 Å². The number of nitrogens with zero attached hydrogens (tertiary/aromatic N) is 1. The fourth-order valence-electron chi connectivity index (χ4n) is 2.77. The van der Waals surface area contributed by atoms with Crippen molar-refractivity contribution in [2.45, 2.75) is 59.5 Å². The lowest BCUT2D eigenvalue weighted by Crippen LogP contribution is -2.27. The van der Waals surface area contributed by atoms with Gasteiger partial charge in [0.05, 0.1) is 10.6 Å². The molecule has 0 aliphatic rings. The molecule has 0 saturated carbocycles. The molecular weight excluding hydrogens is 430 g/mol. The van der Waals surface area contributed by atoms with Gasteiger partial charge < -0.3 is 15.2 Å². The van der Waals surface area contributed by atoms with Gasteiger partial charge in [-0.3, -0.25) is 10.1 Å². The second kappa shape index (κ2) is 10.9. The lowest BCUT2D eigenvalue weighted by Gasteiger charge is -2.19. The molecule has 1 aromatic carbocycles. The zero-order valence-corrected chi connectivity index (χ0v) is 19.8. The van der Waals surface area contributed by atoms with Gasteiger partial charge in [-0.15, -0.1) is 0 Å². The molecule has 32 heavy (non-hydrogen) atoms. The quantitative estimate of drug-likeness (QED) is 0.472. The maximum absolute atomic E-state index is 11.9. The molecule has 0 aliphatic carbocycles. The topological polar surface area (TPSA) is 118 Å². The number of aliphatic carboxylic acids is 1. The number of rotatable bonds is 8. The Balaban J connectivity index is 2.12. The Morgan fingerprint density at radius 1 is 1.12 bits per heavy atom. The summed E-state index contributed by atoms with van der Waals surface area (Å²) in [6.07, 6.45) is 2.71. The number of carboxylic acids is 1. The summed E-state index contributed by atoms with van der Waals surface area (Å²) in [6, 6.07) is 7.39. The van der Waals surface area contributed by atoms with Crippen LogP contribution in [0.5, 0.6) is 0 Å². The smallest absolute Gasteiger partial charge is 0.412 e. The molecule has 9 heteroatoms. The second-order valence-electron chi connectivity index (χ2n) is 8.16. The molecule has 2 amide bonds. The first-order chi connectivity index (χ1) is 15.0. The van der Waals surface area contributed by atoms with E-state index >= 15 is 0 Å². The zero-order chi connectivity index (χ0) is 23.9. The molecule has 0 unspecified atom stereocenters. The maximum atomic E-state index is 11.9. The number of carbonyl (C=O) groups excluding carboxylic acids is 2. The van der Waals surface area contributed by atoms with Crippen LogP contribution in [0.25, 0.3) is 6.08 Å². The fourth-order valence-corrected chi connectivity index (χ4v) is 3.80. The van der Waals surface area contributed by atoms with E-state index in [1.54, 1.807) is 45.9 Å². The van der Waals surface area contributed by atoms with Crippen molar-refractivity contribution in [3.63, 3.8) is 0 Å². The number of hydrogen-bond donors (Lipinski definition) is 3. The molecule has 0 spiro atoms. The minimum absolute atomic E-state index is 0.233. The minimum atomic E-state index is -0.971. The van der Waals surface area contributed by atoms with Gasteiger partial charge in [-0.2, -0.15) is 0 Å². The number of thiazole rings is 1. The van der Waals surface area contributed by atoms with Crippen molar-refractivity contribution >= 4 is 46.2 Å². The van der Waals surface area contributed by atoms with Crippen LogP contribution in [0.3, 0.4) is 0 Å². The number of carbonyl (C=O) groups is 3. The molecule has 0 bridgehead atoms. The number of amides is 2. The molecule has 2 rings (SSSR count). The molecule has 3 N–H and O–H groups in total. The van der Waals surface area contributed by atoms with Crippen molar-refractivity contribution < 1.29 is 24.2 Å². The number of anilines is 2. The SMILES string of the molecule is CC/C(=C/c1sc(NC(C)=O)nc1CCc1ccc(NC(=O)OC(C)(C)C)cc1)C(=O)O. The molecule has 0 atom stereocenters. The average Bonchev–Trinajstić information content (AvgIpc) is 3.04. The van der Waals surface area contributed by atoms with Crippen LogP contribution in [0.1, 0.15) is 57.2 Å². The molecule has 2 aromatic rings. The maximum Gasteiger partial charge on any atom is 0.412 e. The summed E-state index contributed by atoms with van der Waals surface area (Å²) in [5, 5.41) is 15.1. The summed E-state index contributed by atoms with van der Waals surface area (Å²) in [5.41, 5.74) is 2.08. The van der Waals surface area contributed by atoms with E-state index in [0.717, 1.165) is 16.1 Å². The van der Waals surface area contributed by atoms with E-state index in [-0.39, 0.29) is 11.5 Å². The number of ether oxygens (including phenoxy) is 1. The molecule has 0 saturated heterocycles. The Bertz CT molecular complexity index is 1000. The van der Waals surface area contributed by atoms with Crippen molar-refractivity contribution in [1.82, 2.24) is 4.98 Å². The summed E-state index contributed by atoms with van der Waals surface area (Å²) in [4.78, 5) is 39.9. The first-order valence-corrected chi connectivity index (χ1v) is 11.1. The highest BCUT2D eigenvalue weighted by Crippen LogP contribution is 2.27. The van der Waals surface area contributed by atoms with E-state index in [1.807, 2.05) is 12.1 Å². The molecule has 0 radical (unpaired) electrons. The third-order valence-electron chi connectivity index (χ3n) is 4.22. The summed E-state index contributed by atoms with van der Waals surface area (Å²) >= 11 is 1.25. The van der Waals surface area contributed by atoms with Crippen molar-refractivity contribution in [2.75, 3.05) is 10.6 Å². The van der Waals surface area contributed by atoms with E-state index in [0.29, 0.717) is 30.1 Å². The molecular formula is C23H29N3O5S. The predicted molar refractivity (Wildman–Crippen MR) is 126 cm³/mol. The summed E-state index contributed by atoms with van der Waals surface area (Å²) < 4.78 is 5.24. The predicted octanol–water partition coefficient (Wildman–Crippen LogP) is 5.11. The van der Waals surface area contributed by atoms with Gasteiger partial charge in [0.25, 0.3) is 0 Å². The van der Waals surface area contributed by atoms with Gasteiger partial charge in [0.15, 0.2) is 5.13 Å². The lowest BCUT2D eigenvalue weighted by molar-refractivity contribution is -0.132. The molecule has 0 aliphatic heterocycles. The van der Waals surface area contributed by atoms with Gasteiger partial charge in [-0.25, -0.2) is 14.6 Å². The van der Waals surface area contributed by atoms with Gasteiger partial charge in [0, 0.05) is 18.2 Å². The van der Waals surface area contributed by atoms with Crippen LogP contribution in [0.4, 0.5) is 15.6 Å². The van der Waals surface area contributed by atoms with E-state index in [4.69, 9.17) is 4.74 Å². The summed E-state index contributed by atoms with van der Waals surface area (Å²) in [6.45, 7) is 8.58. The zero-order valence-electron chi connectivity index (χ0n) is 18.9. The summed E-state index contributed by atoms with van der Waals surface area (Å²) in [5.74, 6) is -1.20. The second-order valence-corrected chi connectivity index (χ2v) is 9.19. The monoisotopic (exact) mass is 459 g/mol. The highest BCUT2D eigenvalue weighted by atomic mass is 32.1. The van der Waals surface area contributed by atoms with Crippen LogP contribution < -0.4 is 10.6 Å². The van der Waals surface area contributed by atoms with Crippen LogP contribution in [0, 0.1) is 0 Å². The van der Waals surface area contributed by atoms with Crippen molar-refractivity contribution in [3.8, 4) is 0 Å². The van der Waals surface area contributed by atoms with E-state index in [2.05, 4.69) is 15.6 Å². The molecule has 0 fully saturated rings. The molecule has 8 nitrogen and oxygen atoms in total. The van der Waals surface area contributed by atoms with Gasteiger partial charge >= 0.3 is 12.1 Å². The number of nitrogens with one attached hydrogen (secondary N) is 2. The number of aromatic nitrogens is 1. The average molecular weight is 460 g/mol. The Labute approximate surface area is 191 Å². The Kier molecular flexibility index (Phi) is 8.54. The Morgan fingerprint density at radius 3 is 2.31 bits per heavy atom. The molecule has 1 heterocycles. The van der Waals surface area contributed by atoms with E-state index in [9.17, 15) is 19.5 Å². The third-order valence-corrected chi connectivity index (χ3v) is 5.18. The normalized spacial score (nSPS) is 11.7. The van der Waals surface area contributed by atoms with Crippen molar-refractivity contribution in [2.24, 2.45) is 0 Å². The van der Waals surface area contributed by atoms with Crippen LogP contribution in [0.15, 0.2) is 29.8 Å². The van der Waals surface area contributed by atoms with Gasteiger partial charge in [0.2, 0.25) is 5.91 Å². The van der Waals surface area contributed by atoms with Crippen molar-refractivity contribution in [3.05, 3.63) is 46.0 Å². The van der Waals surface area contributed by atoms with Crippen molar-refractivity contribution in [1.29, 1.82) is 0 Å².